The molecular formula is C16H22N2O. The van der Waals surface area contributed by atoms with Gasteiger partial charge in [-0.15, -0.1) is 0 Å². The summed E-state index contributed by atoms with van der Waals surface area (Å²) < 4.78 is 0. The van der Waals surface area contributed by atoms with Crippen LogP contribution in [0, 0.1) is 5.92 Å². The molecule has 1 N–H and O–H groups in total. The molecule has 1 amide bonds. The highest BCUT2D eigenvalue weighted by atomic mass is 16.1. The number of rotatable bonds is 2. The molecule has 0 bridgehead atoms. The second-order valence-electron chi connectivity index (χ2n) is 6.14. The first-order valence-corrected chi connectivity index (χ1v) is 6.87. The van der Waals surface area contributed by atoms with E-state index < -0.39 is 0 Å². The molecule has 0 radical (unpaired) electrons. The van der Waals surface area contributed by atoms with Crippen LogP contribution in [0.4, 0.5) is 0 Å². The fourth-order valence-corrected chi connectivity index (χ4v) is 2.33. The van der Waals surface area contributed by atoms with E-state index in [9.17, 15) is 4.79 Å². The molecule has 1 aliphatic rings. The molecule has 1 heterocycles. The lowest BCUT2D eigenvalue weighted by Crippen LogP contribution is -2.43. The number of carbonyl (C=O) groups excluding carboxylic acids is 1. The van der Waals surface area contributed by atoms with Crippen LogP contribution in [0.15, 0.2) is 35.3 Å². The van der Waals surface area contributed by atoms with E-state index in [4.69, 9.17) is 0 Å². The minimum atomic E-state index is -0.158. The summed E-state index contributed by atoms with van der Waals surface area (Å²) >= 11 is 0. The van der Waals surface area contributed by atoms with Gasteiger partial charge < -0.3 is 5.32 Å². The van der Waals surface area contributed by atoms with E-state index in [1.54, 1.807) is 0 Å². The molecule has 1 fully saturated rings. The standard InChI is InChI=1S/C16H22N2O/c1-16(2,3)18-15-13(9-10-14(19)17-15)11-12-7-5-4-6-8-12/h4-8,13H,9-11H2,1-3H3,(H,17,18,19). The third kappa shape index (κ3) is 4.19. The second kappa shape index (κ2) is 5.55. The van der Waals surface area contributed by atoms with Gasteiger partial charge in [0.15, 0.2) is 0 Å². The Kier molecular flexibility index (Phi) is 4.03. The van der Waals surface area contributed by atoms with Crippen LogP contribution in [0.25, 0.3) is 0 Å². The normalized spacial score (nSPS) is 22.4. The lowest BCUT2D eigenvalue weighted by Gasteiger charge is -2.27. The molecule has 0 spiro atoms. The van der Waals surface area contributed by atoms with E-state index in [1.807, 2.05) is 6.07 Å². The van der Waals surface area contributed by atoms with Crippen molar-refractivity contribution in [3.8, 4) is 0 Å². The van der Waals surface area contributed by atoms with Gasteiger partial charge in [-0.25, -0.2) is 0 Å². The van der Waals surface area contributed by atoms with E-state index in [0.717, 1.165) is 18.7 Å². The van der Waals surface area contributed by atoms with Gasteiger partial charge in [0, 0.05) is 12.3 Å². The van der Waals surface area contributed by atoms with Crippen molar-refractivity contribution in [2.75, 3.05) is 0 Å². The average Bonchev–Trinajstić information content (AvgIpc) is 2.32. The lowest BCUT2D eigenvalue weighted by molar-refractivity contribution is -0.120. The van der Waals surface area contributed by atoms with Gasteiger partial charge in [0.2, 0.25) is 5.91 Å². The van der Waals surface area contributed by atoms with E-state index in [0.29, 0.717) is 12.3 Å². The Hall–Kier alpha value is -1.64. The molecule has 0 aromatic heterocycles. The first-order valence-electron chi connectivity index (χ1n) is 6.87. The van der Waals surface area contributed by atoms with E-state index in [-0.39, 0.29) is 11.4 Å². The first-order chi connectivity index (χ1) is 8.94. The summed E-state index contributed by atoms with van der Waals surface area (Å²) in [6.45, 7) is 6.17. The molecule has 1 aliphatic heterocycles. The third-order valence-electron chi connectivity index (χ3n) is 3.15. The predicted molar refractivity (Wildman–Crippen MR) is 78.2 cm³/mol. The number of nitrogens with zero attached hydrogens (tertiary/aromatic N) is 1. The van der Waals surface area contributed by atoms with Crippen molar-refractivity contribution in [1.82, 2.24) is 5.32 Å². The van der Waals surface area contributed by atoms with Crippen LogP contribution >= 0.6 is 0 Å². The van der Waals surface area contributed by atoms with Crippen LogP contribution in [0.3, 0.4) is 0 Å². The topological polar surface area (TPSA) is 41.5 Å². The highest BCUT2D eigenvalue weighted by Crippen LogP contribution is 2.21. The third-order valence-corrected chi connectivity index (χ3v) is 3.15. The minimum absolute atomic E-state index is 0.0901. The highest BCUT2D eigenvalue weighted by molar-refractivity contribution is 6.01. The largest absolute Gasteiger partial charge is 0.314 e. The summed E-state index contributed by atoms with van der Waals surface area (Å²) in [4.78, 5) is 16.2. The molecule has 1 aromatic carbocycles. The molecule has 3 heteroatoms. The van der Waals surface area contributed by atoms with Gasteiger partial charge in [-0.3, -0.25) is 9.79 Å². The number of amidine groups is 1. The van der Waals surface area contributed by atoms with Crippen molar-refractivity contribution in [1.29, 1.82) is 0 Å². The van der Waals surface area contributed by atoms with Crippen molar-refractivity contribution in [3.05, 3.63) is 35.9 Å². The number of carbonyl (C=O) groups is 1. The van der Waals surface area contributed by atoms with Gasteiger partial charge in [-0.1, -0.05) is 30.3 Å². The molecule has 1 saturated heterocycles. The summed E-state index contributed by atoms with van der Waals surface area (Å²) in [6.07, 6.45) is 2.42. The summed E-state index contributed by atoms with van der Waals surface area (Å²) in [5.74, 6) is 1.26. The van der Waals surface area contributed by atoms with Crippen molar-refractivity contribution in [3.63, 3.8) is 0 Å². The van der Waals surface area contributed by atoms with Crippen molar-refractivity contribution in [2.24, 2.45) is 10.9 Å². The van der Waals surface area contributed by atoms with Crippen molar-refractivity contribution in [2.45, 2.75) is 45.6 Å². The first kappa shape index (κ1) is 13.8. The Balaban J connectivity index is 2.17. The summed E-state index contributed by atoms with van der Waals surface area (Å²) in [7, 11) is 0. The van der Waals surface area contributed by atoms with Crippen LogP contribution in [-0.4, -0.2) is 17.3 Å². The van der Waals surface area contributed by atoms with Crippen LogP contribution in [0.5, 0.6) is 0 Å². The monoisotopic (exact) mass is 258 g/mol. The van der Waals surface area contributed by atoms with E-state index >= 15 is 0 Å². The molecule has 2 rings (SSSR count). The van der Waals surface area contributed by atoms with Gasteiger partial charge in [0.25, 0.3) is 0 Å². The zero-order valence-corrected chi connectivity index (χ0v) is 11.9. The number of nitrogens with one attached hydrogen (secondary N) is 1. The molecule has 0 saturated carbocycles. The van der Waals surface area contributed by atoms with Crippen molar-refractivity contribution < 1.29 is 4.79 Å². The maximum Gasteiger partial charge on any atom is 0.225 e. The number of hydrogen-bond acceptors (Lipinski definition) is 2. The zero-order valence-electron chi connectivity index (χ0n) is 11.9. The van der Waals surface area contributed by atoms with Crippen molar-refractivity contribution >= 4 is 11.7 Å². The molecule has 102 valence electrons. The maximum absolute atomic E-state index is 11.6. The Morgan fingerprint density at radius 1 is 1.26 bits per heavy atom. The van der Waals surface area contributed by atoms with Crippen LogP contribution in [-0.2, 0) is 11.2 Å². The number of benzene rings is 1. The van der Waals surface area contributed by atoms with Gasteiger partial charge >= 0.3 is 0 Å². The molecule has 1 atom stereocenters. The summed E-state index contributed by atoms with van der Waals surface area (Å²) in [5.41, 5.74) is 1.14. The molecular weight excluding hydrogens is 236 g/mol. The van der Waals surface area contributed by atoms with E-state index in [1.165, 1.54) is 5.56 Å². The van der Waals surface area contributed by atoms with Crippen LogP contribution in [0.1, 0.15) is 39.2 Å². The smallest absolute Gasteiger partial charge is 0.225 e. The Morgan fingerprint density at radius 3 is 2.58 bits per heavy atom. The number of amides is 1. The Morgan fingerprint density at radius 2 is 1.95 bits per heavy atom. The molecule has 1 unspecified atom stereocenters. The van der Waals surface area contributed by atoms with Gasteiger partial charge in [-0.2, -0.15) is 0 Å². The van der Waals surface area contributed by atoms with Gasteiger partial charge in [0.1, 0.15) is 5.84 Å². The van der Waals surface area contributed by atoms with Crippen LogP contribution in [0.2, 0.25) is 0 Å². The predicted octanol–water partition coefficient (Wildman–Crippen LogP) is 2.95. The Bertz CT molecular complexity index is 471. The highest BCUT2D eigenvalue weighted by Gasteiger charge is 2.26. The summed E-state index contributed by atoms with van der Waals surface area (Å²) in [6, 6.07) is 10.4. The average molecular weight is 258 g/mol. The number of piperidine rings is 1. The number of hydrogen-bond donors (Lipinski definition) is 1. The lowest BCUT2D eigenvalue weighted by atomic mass is 9.90. The maximum atomic E-state index is 11.6. The molecule has 1 aromatic rings. The second-order valence-corrected chi connectivity index (χ2v) is 6.14. The number of aliphatic imine (C=N–C) groups is 1. The Labute approximate surface area is 115 Å². The molecule has 19 heavy (non-hydrogen) atoms. The van der Waals surface area contributed by atoms with Crippen LogP contribution < -0.4 is 5.32 Å². The SMILES string of the molecule is CC(C)(C)N=C1NC(=O)CCC1Cc1ccccc1. The molecule has 0 aliphatic carbocycles. The quantitative estimate of drug-likeness (QED) is 0.870. The van der Waals surface area contributed by atoms with E-state index in [2.05, 4.69) is 55.3 Å². The molecule has 3 nitrogen and oxygen atoms in total. The zero-order chi connectivity index (χ0) is 13.9. The fourth-order valence-electron chi connectivity index (χ4n) is 2.33. The fraction of sp³-hybridized carbons (Fsp3) is 0.500. The van der Waals surface area contributed by atoms with Gasteiger partial charge in [-0.05, 0) is 39.2 Å². The minimum Gasteiger partial charge on any atom is -0.314 e. The van der Waals surface area contributed by atoms with Gasteiger partial charge in [0.05, 0.1) is 5.54 Å². The summed E-state index contributed by atoms with van der Waals surface area (Å²) in [5, 5.41) is 2.95.